The highest BCUT2D eigenvalue weighted by atomic mass is 16.5. The molecule has 0 fully saturated rings. The SMILES string of the molecule is CCOc1cccc(NCC(=O)Nc2c(C)cccc2CC)c1. The van der Waals surface area contributed by atoms with Crippen molar-refractivity contribution in [2.75, 3.05) is 23.8 Å². The summed E-state index contributed by atoms with van der Waals surface area (Å²) in [5, 5.41) is 6.14. The van der Waals surface area contributed by atoms with Crippen molar-refractivity contribution in [3.63, 3.8) is 0 Å². The first-order valence-electron chi connectivity index (χ1n) is 7.99. The van der Waals surface area contributed by atoms with Gasteiger partial charge in [-0.05, 0) is 43.5 Å². The van der Waals surface area contributed by atoms with Crippen LogP contribution in [-0.4, -0.2) is 19.1 Å². The van der Waals surface area contributed by atoms with E-state index in [1.807, 2.05) is 56.3 Å². The summed E-state index contributed by atoms with van der Waals surface area (Å²) in [5.74, 6) is 0.737. The molecule has 0 heterocycles. The molecular weight excluding hydrogens is 288 g/mol. The third-order valence-electron chi connectivity index (χ3n) is 3.60. The van der Waals surface area contributed by atoms with Crippen LogP contribution in [0.3, 0.4) is 0 Å². The normalized spacial score (nSPS) is 10.2. The van der Waals surface area contributed by atoms with Gasteiger partial charge in [0.1, 0.15) is 5.75 Å². The summed E-state index contributed by atoms with van der Waals surface area (Å²) in [7, 11) is 0. The topological polar surface area (TPSA) is 50.4 Å². The molecule has 23 heavy (non-hydrogen) atoms. The van der Waals surface area contributed by atoms with Crippen molar-refractivity contribution >= 4 is 17.3 Å². The third kappa shape index (κ3) is 4.74. The molecule has 0 atom stereocenters. The van der Waals surface area contributed by atoms with E-state index in [2.05, 4.69) is 17.6 Å². The van der Waals surface area contributed by atoms with Gasteiger partial charge in [0.25, 0.3) is 0 Å². The number of aryl methyl sites for hydroxylation is 2. The highest BCUT2D eigenvalue weighted by molar-refractivity contribution is 5.95. The summed E-state index contributed by atoms with van der Waals surface area (Å²) in [6, 6.07) is 13.7. The number of amides is 1. The van der Waals surface area contributed by atoms with E-state index in [-0.39, 0.29) is 12.5 Å². The minimum absolute atomic E-state index is 0.0594. The van der Waals surface area contributed by atoms with Gasteiger partial charge in [-0.1, -0.05) is 31.2 Å². The Kier molecular flexibility index (Phi) is 6.03. The lowest BCUT2D eigenvalue weighted by atomic mass is 10.1. The number of carbonyl (C=O) groups excluding carboxylic acids is 1. The lowest BCUT2D eigenvalue weighted by Gasteiger charge is -2.14. The van der Waals surface area contributed by atoms with E-state index in [0.29, 0.717) is 6.61 Å². The second-order valence-electron chi connectivity index (χ2n) is 5.33. The Balaban J connectivity index is 1.97. The number of para-hydroxylation sites is 1. The van der Waals surface area contributed by atoms with E-state index in [1.165, 1.54) is 0 Å². The van der Waals surface area contributed by atoms with Crippen LogP contribution in [0.4, 0.5) is 11.4 Å². The predicted octanol–water partition coefficient (Wildman–Crippen LogP) is 4.01. The quantitative estimate of drug-likeness (QED) is 0.812. The third-order valence-corrected chi connectivity index (χ3v) is 3.60. The summed E-state index contributed by atoms with van der Waals surface area (Å²) in [5.41, 5.74) is 4.02. The van der Waals surface area contributed by atoms with Crippen molar-refractivity contribution in [2.24, 2.45) is 0 Å². The predicted molar refractivity (Wildman–Crippen MR) is 95.3 cm³/mol. The van der Waals surface area contributed by atoms with E-state index in [9.17, 15) is 4.79 Å². The first kappa shape index (κ1) is 16.9. The molecule has 0 unspecified atom stereocenters. The van der Waals surface area contributed by atoms with Gasteiger partial charge in [0.15, 0.2) is 0 Å². The van der Waals surface area contributed by atoms with Crippen LogP contribution in [-0.2, 0) is 11.2 Å². The Bertz CT molecular complexity index is 668. The molecule has 0 spiro atoms. The molecule has 2 rings (SSSR count). The van der Waals surface area contributed by atoms with Gasteiger partial charge in [-0.25, -0.2) is 0 Å². The first-order valence-corrected chi connectivity index (χ1v) is 7.99. The summed E-state index contributed by atoms with van der Waals surface area (Å²) in [6.07, 6.45) is 0.890. The van der Waals surface area contributed by atoms with Crippen molar-refractivity contribution < 1.29 is 9.53 Å². The van der Waals surface area contributed by atoms with Gasteiger partial charge < -0.3 is 15.4 Å². The zero-order chi connectivity index (χ0) is 16.7. The molecule has 2 aromatic carbocycles. The van der Waals surface area contributed by atoms with Crippen molar-refractivity contribution in [3.8, 4) is 5.75 Å². The van der Waals surface area contributed by atoms with Crippen LogP contribution < -0.4 is 15.4 Å². The first-order chi connectivity index (χ1) is 11.1. The molecule has 4 nitrogen and oxygen atoms in total. The van der Waals surface area contributed by atoms with Crippen molar-refractivity contribution in [3.05, 3.63) is 53.6 Å². The van der Waals surface area contributed by atoms with E-state index in [4.69, 9.17) is 4.74 Å². The fourth-order valence-electron chi connectivity index (χ4n) is 2.43. The Morgan fingerprint density at radius 1 is 1.13 bits per heavy atom. The van der Waals surface area contributed by atoms with Gasteiger partial charge in [0.05, 0.1) is 13.2 Å². The zero-order valence-corrected chi connectivity index (χ0v) is 14.0. The average molecular weight is 312 g/mol. The van der Waals surface area contributed by atoms with Gasteiger partial charge in [0, 0.05) is 17.4 Å². The van der Waals surface area contributed by atoms with Crippen LogP contribution in [0, 0.1) is 6.92 Å². The summed E-state index contributed by atoms with van der Waals surface area (Å²) in [6.45, 7) is 6.88. The Morgan fingerprint density at radius 3 is 2.65 bits per heavy atom. The minimum Gasteiger partial charge on any atom is -0.494 e. The number of rotatable bonds is 7. The molecule has 2 N–H and O–H groups in total. The van der Waals surface area contributed by atoms with E-state index >= 15 is 0 Å². The lowest BCUT2D eigenvalue weighted by molar-refractivity contribution is -0.114. The molecule has 0 radical (unpaired) electrons. The number of ether oxygens (including phenoxy) is 1. The van der Waals surface area contributed by atoms with Crippen LogP contribution in [0.25, 0.3) is 0 Å². The highest BCUT2D eigenvalue weighted by Gasteiger charge is 2.08. The molecule has 1 amide bonds. The van der Waals surface area contributed by atoms with Crippen LogP contribution in [0.1, 0.15) is 25.0 Å². The Labute approximate surface area is 137 Å². The minimum atomic E-state index is -0.0594. The molecule has 0 saturated heterocycles. The molecule has 0 bridgehead atoms. The number of nitrogens with one attached hydrogen (secondary N) is 2. The van der Waals surface area contributed by atoms with Crippen LogP contribution >= 0.6 is 0 Å². The summed E-state index contributed by atoms with van der Waals surface area (Å²) in [4.78, 5) is 12.2. The fourth-order valence-corrected chi connectivity index (χ4v) is 2.43. The molecule has 0 saturated carbocycles. The molecule has 0 aromatic heterocycles. The molecular formula is C19H24N2O2. The van der Waals surface area contributed by atoms with Crippen LogP contribution in [0.15, 0.2) is 42.5 Å². The second kappa shape index (κ2) is 8.22. The maximum atomic E-state index is 12.2. The maximum absolute atomic E-state index is 12.2. The Hall–Kier alpha value is -2.49. The van der Waals surface area contributed by atoms with Crippen molar-refractivity contribution in [2.45, 2.75) is 27.2 Å². The number of hydrogen-bond acceptors (Lipinski definition) is 3. The van der Waals surface area contributed by atoms with E-state index in [1.54, 1.807) is 0 Å². The van der Waals surface area contributed by atoms with Crippen molar-refractivity contribution in [1.82, 2.24) is 0 Å². The standard InChI is InChI=1S/C19H24N2O2/c1-4-15-9-6-8-14(3)19(15)21-18(22)13-20-16-10-7-11-17(12-16)23-5-2/h6-12,20H,4-5,13H2,1-3H3,(H,21,22). The smallest absolute Gasteiger partial charge is 0.243 e. The Morgan fingerprint density at radius 2 is 1.91 bits per heavy atom. The fraction of sp³-hybridized carbons (Fsp3) is 0.316. The summed E-state index contributed by atoms with van der Waals surface area (Å²) < 4.78 is 5.45. The molecule has 0 aliphatic heterocycles. The maximum Gasteiger partial charge on any atom is 0.243 e. The molecule has 122 valence electrons. The number of carbonyl (C=O) groups is 1. The number of anilines is 2. The molecule has 2 aromatic rings. The van der Waals surface area contributed by atoms with Crippen LogP contribution in [0.2, 0.25) is 0 Å². The van der Waals surface area contributed by atoms with Crippen molar-refractivity contribution in [1.29, 1.82) is 0 Å². The van der Waals surface area contributed by atoms with Gasteiger partial charge in [-0.3, -0.25) is 4.79 Å². The number of benzene rings is 2. The van der Waals surface area contributed by atoms with Gasteiger partial charge in [-0.15, -0.1) is 0 Å². The van der Waals surface area contributed by atoms with Crippen LogP contribution in [0.5, 0.6) is 5.75 Å². The van der Waals surface area contributed by atoms with E-state index in [0.717, 1.165) is 34.7 Å². The second-order valence-corrected chi connectivity index (χ2v) is 5.33. The van der Waals surface area contributed by atoms with E-state index < -0.39 is 0 Å². The monoisotopic (exact) mass is 312 g/mol. The molecule has 0 aliphatic carbocycles. The van der Waals surface area contributed by atoms with Gasteiger partial charge >= 0.3 is 0 Å². The summed E-state index contributed by atoms with van der Waals surface area (Å²) >= 11 is 0. The molecule has 0 aliphatic rings. The largest absolute Gasteiger partial charge is 0.494 e. The lowest BCUT2D eigenvalue weighted by Crippen LogP contribution is -2.22. The van der Waals surface area contributed by atoms with Gasteiger partial charge in [0.2, 0.25) is 5.91 Å². The van der Waals surface area contributed by atoms with Gasteiger partial charge in [-0.2, -0.15) is 0 Å². The average Bonchev–Trinajstić information content (AvgIpc) is 2.55. The zero-order valence-electron chi connectivity index (χ0n) is 14.0. The highest BCUT2D eigenvalue weighted by Crippen LogP contribution is 2.21. The number of hydrogen-bond donors (Lipinski definition) is 2. The molecule has 4 heteroatoms.